The molecule has 0 bridgehead atoms. The third kappa shape index (κ3) is 5.33. The van der Waals surface area contributed by atoms with Crippen molar-refractivity contribution >= 4 is 5.96 Å². The van der Waals surface area contributed by atoms with Gasteiger partial charge in [-0.15, -0.1) is 0 Å². The van der Waals surface area contributed by atoms with Crippen LogP contribution in [-0.2, 0) is 4.74 Å². The van der Waals surface area contributed by atoms with Gasteiger partial charge in [0.2, 0.25) is 0 Å². The molecule has 6 heteroatoms. The molecule has 1 aliphatic carbocycles. The molecule has 3 atom stereocenters. The molecular formula is C20H39N5O. The average molecular weight is 366 g/mol. The summed E-state index contributed by atoms with van der Waals surface area (Å²) in [4.78, 5) is 10.1. The Morgan fingerprint density at radius 2 is 2.04 bits per heavy atom. The Hall–Kier alpha value is -0.850. The lowest BCUT2D eigenvalue weighted by Gasteiger charge is -2.37. The molecule has 0 radical (unpaired) electrons. The molecule has 2 aliphatic heterocycles. The van der Waals surface area contributed by atoms with Crippen LogP contribution in [0.2, 0.25) is 0 Å². The Morgan fingerprint density at radius 1 is 1.23 bits per heavy atom. The number of hydrogen-bond acceptors (Lipinski definition) is 4. The lowest BCUT2D eigenvalue weighted by Crippen LogP contribution is -2.50. The third-order valence-electron chi connectivity index (χ3n) is 6.24. The van der Waals surface area contributed by atoms with Gasteiger partial charge in [-0.1, -0.05) is 12.8 Å². The van der Waals surface area contributed by atoms with Gasteiger partial charge in [0, 0.05) is 50.3 Å². The summed E-state index contributed by atoms with van der Waals surface area (Å²) in [5, 5.41) is 7.13. The van der Waals surface area contributed by atoms with Gasteiger partial charge < -0.3 is 15.4 Å². The number of likely N-dealkylation sites (tertiary alicyclic amines) is 1. The first kappa shape index (κ1) is 19.9. The molecule has 0 aromatic rings. The Bertz CT molecular complexity index is 451. The van der Waals surface area contributed by atoms with E-state index in [1.807, 2.05) is 0 Å². The molecular weight excluding hydrogens is 326 g/mol. The molecule has 0 amide bonds. The Labute approximate surface area is 159 Å². The summed E-state index contributed by atoms with van der Waals surface area (Å²) < 4.78 is 5.56. The molecule has 3 unspecified atom stereocenters. The van der Waals surface area contributed by atoms with Crippen LogP contribution in [0.5, 0.6) is 0 Å². The Morgan fingerprint density at radius 3 is 2.77 bits per heavy atom. The first-order valence-corrected chi connectivity index (χ1v) is 10.8. The number of guanidine groups is 1. The smallest absolute Gasteiger partial charge is 0.191 e. The summed E-state index contributed by atoms with van der Waals surface area (Å²) in [5.41, 5.74) is 0. The van der Waals surface area contributed by atoms with Crippen molar-refractivity contribution in [1.29, 1.82) is 0 Å². The molecule has 3 aliphatic rings. The van der Waals surface area contributed by atoms with Crippen molar-refractivity contribution in [2.45, 2.75) is 77.0 Å². The normalized spacial score (nSPS) is 30.7. The van der Waals surface area contributed by atoms with Gasteiger partial charge in [-0.05, 0) is 40.0 Å². The highest BCUT2D eigenvalue weighted by molar-refractivity contribution is 5.80. The molecule has 150 valence electrons. The quantitative estimate of drug-likeness (QED) is 0.554. The van der Waals surface area contributed by atoms with Crippen LogP contribution < -0.4 is 10.6 Å². The molecule has 0 aromatic carbocycles. The highest BCUT2D eigenvalue weighted by Gasteiger charge is 2.30. The first-order chi connectivity index (χ1) is 12.7. The van der Waals surface area contributed by atoms with Crippen molar-refractivity contribution in [3.63, 3.8) is 0 Å². The molecule has 6 nitrogen and oxygen atoms in total. The topological polar surface area (TPSA) is 52.1 Å². The lowest BCUT2D eigenvalue weighted by molar-refractivity contribution is -0.0165. The predicted octanol–water partition coefficient (Wildman–Crippen LogP) is 1.67. The van der Waals surface area contributed by atoms with Crippen molar-refractivity contribution in [3.05, 3.63) is 0 Å². The molecule has 3 rings (SSSR count). The van der Waals surface area contributed by atoms with E-state index in [0.29, 0.717) is 18.1 Å². The number of hydrogen-bond donors (Lipinski definition) is 2. The minimum absolute atomic E-state index is 0.447. The fraction of sp³-hybridized carbons (Fsp3) is 0.950. The highest BCUT2D eigenvalue weighted by Crippen LogP contribution is 2.26. The fourth-order valence-electron chi connectivity index (χ4n) is 4.74. The van der Waals surface area contributed by atoms with Crippen LogP contribution in [0.4, 0.5) is 0 Å². The maximum Gasteiger partial charge on any atom is 0.191 e. The molecule has 26 heavy (non-hydrogen) atoms. The summed E-state index contributed by atoms with van der Waals surface area (Å²) in [6, 6.07) is 2.30. The van der Waals surface area contributed by atoms with E-state index < -0.39 is 0 Å². The monoisotopic (exact) mass is 365 g/mol. The van der Waals surface area contributed by atoms with E-state index >= 15 is 0 Å². The van der Waals surface area contributed by atoms with E-state index in [1.165, 1.54) is 45.2 Å². The van der Waals surface area contributed by atoms with Gasteiger partial charge >= 0.3 is 0 Å². The maximum absolute atomic E-state index is 5.56. The summed E-state index contributed by atoms with van der Waals surface area (Å²) in [5.74, 6) is 0.985. The largest absolute Gasteiger partial charge is 0.379 e. The molecule has 1 saturated carbocycles. The molecule has 2 N–H and O–H groups in total. The van der Waals surface area contributed by atoms with Gasteiger partial charge in [-0.2, -0.15) is 0 Å². The minimum Gasteiger partial charge on any atom is -0.379 e. The minimum atomic E-state index is 0.447. The highest BCUT2D eigenvalue weighted by atomic mass is 16.5. The van der Waals surface area contributed by atoms with Gasteiger partial charge in [0.25, 0.3) is 0 Å². The van der Waals surface area contributed by atoms with Crippen LogP contribution in [0.1, 0.15) is 52.9 Å². The van der Waals surface area contributed by atoms with E-state index in [1.54, 1.807) is 0 Å². The fourth-order valence-corrected chi connectivity index (χ4v) is 4.74. The lowest BCUT2D eigenvalue weighted by atomic mass is 10.2. The average Bonchev–Trinajstić information content (AvgIpc) is 3.31. The van der Waals surface area contributed by atoms with Crippen LogP contribution in [0, 0.1) is 0 Å². The standard InChI is InChI=1S/C20H39N5O/c1-4-21-20(22-13-16(2)25-11-12-26-15-17(25)3)23-18-9-10-24(14-18)19-7-5-6-8-19/h16-19H,4-15H2,1-3H3,(H2,21,22,23). The number of ether oxygens (including phenoxy) is 1. The first-order valence-electron chi connectivity index (χ1n) is 10.8. The van der Waals surface area contributed by atoms with E-state index in [2.05, 4.69) is 41.2 Å². The number of rotatable bonds is 6. The van der Waals surface area contributed by atoms with Crippen LogP contribution >= 0.6 is 0 Å². The van der Waals surface area contributed by atoms with Crippen molar-refractivity contribution in [3.8, 4) is 0 Å². The van der Waals surface area contributed by atoms with Gasteiger partial charge in [0.1, 0.15) is 0 Å². The van der Waals surface area contributed by atoms with Gasteiger partial charge in [-0.25, -0.2) is 0 Å². The summed E-state index contributed by atoms with van der Waals surface area (Å²) in [6.07, 6.45) is 6.87. The van der Waals surface area contributed by atoms with Crippen molar-refractivity contribution in [2.24, 2.45) is 4.99 Å². The molecule has 0 spiro atoms. The van der Waals surface area contributed by atoms with Crippen LogP contribution in [0.15, 0.2) is 4.99 Å². The zero-order valence-electron chi connectivity index (χ0n) is 17.0. The maximum atomic E-state index is 5.56. The van der Waals surface area contributed by atoms with Crippen LogP contribution in [-0.4, -0.2) is 85.9 Å². The molecule has 0 aromatic heterocycles. The van der Waals surface area contributed by atoms with E-state index in [9.17, 15) is 0 Å². The number of nitrogens with one attached hydrogen (secondary N) is 2. The van der Waals surface area contributed by atoms with Crippen molar-refractivity contribution in [1.82, 2.24) is 20.4 Å². The molecule has 2 saturated heterocycles. The predicted molar refractivity (Wildman–Crippen MR) is 108 cm³/mol. The van der Waals surface area contributed by atoms with Gasteiger partial charge in [-0.3, -0.25) is 14.8 Å². The number of morpholine rings is 1. The summed E-state index contributed by atoms with van der Waals surface area (Å²) in [6.45, 7) is 13.5. The number of nitrogens with zero attached hydrogens (tertiary/aromatic N) is 3. The van der Waals surface area contributed by atoms with Gasteiger partial charge in [0.05, 0.1) is 19.8 Å². The summed E-state index contributed by atoms with van der Waals surface area (Å²) >= 11 is 0. The zero-order chi connectivity index (χ0) is 18.4. The molecule has 3 fully saturated rings. The second-order valence-electron chi connectivity index (χ2n) is 8.29. The molecule has 2 heterocycles. The Balaban J connectivity index is 1.49. The second-order valence-corrected chi connectivity index (χ2v) is 8.29. The van der Waals surface area contributed by atoms with Crippen LogP contribution in [0.3, 0.4) is 0 Å². The zero-order valence-corrected chi connectivity index (χ0v) is 17.0. The third-order valence-corrected chi connectivity index (χ3v) is 6.24. The number of aliphatic imine (C=N–C) groups is 1. The second kappa shape index (κ2) is 9.90. The van der Waals surface area contributed by atoms with Gasteiger partial charge in [0.15, 0.2) is 5.96 Å². The van der Waals surface area contributed by atoms with Crippen molar-refractivity contribution < 1.29 is 4.74 Å². The van der Waals surface area contributed by atoms with Crippen molar-refractivity contribution in [2.75, 3.05) is 45.9 Å². The summed E-state index contributed by atoms with van der Waals surface area (Å²) in [7, 11) is 0. The van der Waals surface area contributed by atoms with Crippen LogP contribution in [0.25, 0.3) is 0 Å². The Kier molecular flexibility index (Phi) is 7.58. The SMILES string of the molecule is CCNC(=NCC(C)N1CCOCC1C)NC1CCN(C2CCCC2)C1. The van der Waals surface area contributed by atoms with E-state index in [-0.39, 0.29) is 0 Å². The van der Waals surface area contributed by atoms with E-state index in [4.69, 9.17) is 9.73 Å². The van der Waals surface area contributed by atoms with E-state index in [0.717, 1.165) is 44.8 Å².